The molecule has 0 bridgehead atoms. The van der Waals surface area contributed by atoms with Crippen LogP contribution in [0.25, 0.3) is 0 Å². The molecule has 2 nitrogen and oxygen atoms in total. The fraction of sp³-hybridized carbons (Fsp3) is 0.250. The molecule has 12 heavy (non-hydrogen) atoms. The minimum absolute atomic E-state index is 0. The summed E-state index contributed by atoms with van der Waals surface area (Å²) in [6.45, 7) is 2.03. The normalized spacial score (nSPS) is 9.83. The molecule has 0 heterocycles. The van der Waals surface area contributed by atoms with Gasteiger partial charge in [0, 0.05) is 7.11 Å². The molecule has 0 aromatic heterocycles. The van der Waals surface area contributed by atoms with E-state index in [1.807, 2.05) is 31.2 Å². The van der Waals surface area contributed by atoms with Gasteiger partial charge in [0.05, 0.1) is 0 Å². The lowest BCUT2D eigenvalue weighted by Crippen LogP contribution is -1.79. The molecule has 0 amide bonds. The number of benzene rings is 1. The number of hydrogen-bond donors (Lipinski definition) is 0. The third kappa shape index (κ3) is 3.91. The second kappa shape index (κ2) is 6.24. The van der Waals surface area contributed by atoms with Crippen LogP contribution >= 0.6 is 21.4 Å². The average Bonchev–Trinajstić information content (AvgIpc) is 2.01. The highest BCUT2D eigenvalue weighted by molar-refractivity contribution is 7.26. The fourth-order valence-corrected chi connectivity index (χ4v) is 1.08. The van der Waals surface area contributed by atoms with Crippen molar-refractivity contribution in [1.82, 2.24) is 0 Å². The van der Waals surface area contributed by atoms with Gasteiger partial charge < -0.3 is 9.05 Å². The molecule has 4 heteroatoms. The van der Waals surface area contributed by atoms with E-state index < -0.39 is 0 Å². The Morgan fingerprint density at radius 3 is 2.67 bits per heavy atom. The number of halogens is 1. The molecule has 0 spiro atoms. The van der Waals surface area contributed by atoms with Gasteiger partial charge >= 0.3 is 0 Å². The van der Waals surface area contributed by atoms with Crippen LogP contribution in [0, 0.1) is 6.92 Å². The molecule has 0 saturated carbocycles. The molecular weight excluding hydrogens is 195 g/mol. The smallest absolute Gasteiger partial charge is 0.215 e. The molecule has 1 aromatic carbocycles. The highest BCUT2D eigenvalue weighted by atomic mass is 35.5. The largest absolute Gasteiger partial charge is 0.450 e. The highest BCUT2D eigenvalue weighted by Crippen LogP contribution is 2.20. The lowest BCUT2D eigenvalue weighted by atomic mass is 10.2. The standard InChI is InChI=1S/C8H11O2P.ClH/c1-7-4-3-5-8(6-7)10-11-9-2;/h3-6,11H,1-2H3;1H. The van der Waals surface area contributed by atoms with E-state index in [2.05, 4.69) is 0 Å². The Morgan fingerprint density at radius 2 is 2.08 bits per heavy atom. The highest BCUT2D eigenvalue weighted by Gasteiger charge is 1.91. The predicted molar refractivity (Wildman–Crippen MR) is 54.4 cm³/mol. The van der Waals surface area contributed by atoms with E-state index in [1.165, 1.54) is 5.56 Å². The Labute approximate surface area is 80.6 Å². The molecule has 1 unspecified atom stereocenters. The van der Waals surface area contributed by atoms with Crippen LogP contribution in [0.2, 0.25) is 0 Å². The summed E-state index contributed by atoms with van der Waals surface area (Å²) in [6, 6.07) is 7.89. The van der Waals surface area contributed by atoms with Crippen LogP contribution in [0.4, 0.5) is 0 Å². The van der Waals surface area contributed by atoms with Gasteiger partial charge in [-0.25, -0.2) is 0 Å². The first kappa shape index (κ1) is 11.7. The van der Waals surface area contributed by atoms with E-state index in [4.69, 9.17) is 9.05 Å². The zero-order valence-corrected chi connectivity index (χ0v) is 8.85. The van der Waals surface area contributed by atoms with Crippen molar-refractivity contribution in [3.05, 3.63) is 29.8 Å². The van der Waals surface area contributed by atoms with Crippen molar-refractivity contribution >= 4 is 21.4 Å². The summed E-state index contributed by atoms with van der Waals surface area (Å²) in [5.41, 5.74) is 1.20. The van der Waals surface area contributed by atoms with Gasteiger partial charge in [-0.05, 0) is 24.6 Å². The van der Waals surface area contributed by atoms with Gasteiger partial charge in [0.1, 0.15) is 5.75 Å². The van der Waals surface area contributed by atoms with E-state index in [1.54, 1.807) is 7.11 Å². The van der Waals surface area contributed by atoms with Crippen LogP contribution < -0.4 is 4.52 Å². The summed E-state index contributed by atoms with van der Waals surface area (Å²) in [5, 5.41) is 0. The molecular formula is C8H12ClO2P. The van der Waals surface area contributed by atoms with Gasteiger partial charge in [-0.15, -0.1) is 12.4 Å². The van der Waals surface area contributed by atoms with Crippen molar-refractivity contribution in [2.75, 3.05) is 7.11 Å². The third-order valence-electron chi connectivity index (χ3n) is 1.23. The van der Waals surface area contributed by atoms with Crippen LogP contribution in [0.15, 0.2) is 24.3 Å². The maximum Gasteiger partial charge on any atom is 0.215 e. The van der Waals surface area contributed by atoms with Crippen LogP contribution in [0.1, 0.15) is 5.56 Å². The predicted octanol–water partition coefficient (Wildman–Crippen LogP) is 2.95. The van der Waals surface area contributed by atoms with Crippen molar-refractivity contribution in [2.45, 2.75) is 6.92 Å². The topological polar surface area (TPSA) is 18.5 Å². The molecule has 1 atom stereocenters. The monoisotopic (exact) mass is 206 g/mol. The quantitative estimate of drug-likeness (QED) is 0.708. The Bertz CT molecular complexity index is 230. The first-order valence-electron chi connectivity index (χ1n) is 3.34. The second-order valence-corrected chi connectivity index (χ2v) is 2.99. The molecule has 0 N–H and O–H groups in total. The fourth-order valence-electron chi connectivity index (χ4n) is 0.769. The molecule has 0 radical (unpaired) electrons. The van der Waals surface area contributed by atoms with E-state index >= 15 is 0 Å². The van der Waals surface area contributed by atoms with E-state index in [0.717, 1.165) is 5.75 Å². The van der Waals surface area contributed by atoms with E-state index in [9.17, 15) is 0 Å². The Balaban J connectivity index is 0.00000121. The Morgan fingerprint density at radius 1 is 1.33 bits per heavy atom. The van der Waals surface area contributed by atoms with Crippen molar-refractivity contribution in [2.24, 2.45) is 0 Å². The molecule has 0 fully saturated rings. The summed E-state index contributed by atoms with van der Waals surface area (Å²) >= 11 is 0. The van der Waals surface area contributed by atoms with Gasteiger partial charge in [0.15, 0.2) is 0 Å². The van der Waals surface area contributed by atoms with Gasteiger partial charge in [-0.2, -0.15) is 0 Å². The number of aryl methyl sites for hydroxylation is 1. The SMILES string of the molecule is COPOc1cccc(C)c1.Cl. The summed E-state index contributed by atoms with van der Waals surface area (Å²) in [6.07, 6.45) is 0. The average molecular weight is 207 g/mol. The van der Waals surface area contributed by atoms with Crippen LogP contribution in [0.3, 0.4) is 0 Å². The van der Waals surface area contributed by atoms with Crippen LogP contribution in [-0.2, 0) is 4.52 Å². The molecule has 0 aliphatic heterocycles. The first-order valence-corrected chi connectivity index (χ1v) is 4.16. The van der Waals surface area contributed by atoms with Crippen molar-refractivity contribution in [3.63, 3.8) is 0 Å². The van der Waals surface area contributed by atoms with Crippen molar-refractivity contribution in [3.8, 4) is 5.75 Å². The lowest BCUT2D eigenvalue weighted by molar-refractivity contribution is 0.417. The van der Waals surface area contributed by atoms with Gasteiger partial charge in [0.2, 0.25) is 9.03 Å². The first-order chi connectivity index (χ1) is 5.33. The molecule has 68 valence electrons. The molecule has 0 aliphatic carbocycles. The Hall–Kier alpha value is -0.300. The zero-order chi connectivity index (χ0) is 8.10. The van der Waals surface area contributed by atoms with Crippen LogP contribution in [-0.4, -0.2) is 7.11 Å². The summed E-state index contributed by atoms with van der Waals surface area (Å²) in [5.74, 6) is 0.866. The minimum atomic E-state index is 0. The summed E-state index contributed by atoms with van der Waals surface area (Å²) < 4.78 is 10.0. The van der Waals surface area contributed by atoms with E-state index in [-0.39, 0.29) is 21.4 Å². The minimum Gasteiger partial charge on any atom is -0.450 e. The molecule has 0 aliphatic rings. The van der Waals surface area contributed by atoms with Gasteiger partial charge in [-0.3, -0.25) is 0 Å². The Kier molecular flexibility index (Phi) is 6.09. The molecule has 1 aromatic rings. The number of rotatable bonds is 3. The van der Waals surface area contributed by atoms with Crippen molar-refractivity contribution < 1.29 is 9.05 Å². The third-order valence-corrected chi connectivity index (χ3v) is 1.72. The van der Waals surface area contributed by atoms with Crippen LogP contribution in [0.5, 0.6) is 5.75 Å². The second-order valence-electron chi connectivity index (χ2n) is 2.21. The molecule has 0 saturated heterocycles. The maximum atomic E-state index is 5.24. The summed E-state index contributed by atoms with van der Waals surface area (Å²) in [7, 11) is 1.71. The zero-order valence-electron chi connectivity index (χ0n) is 7.03. The summed E-state index contributed by atoms with van der Waals surface area (Å²) in [4.78, 5) is 0. The van der Waals surface area contributed by atoms with Gasteiger partial charge in [0.25, 0.3) is 0 Å². The number of hydrogen-bond acceptors (Lipinski definition) is 2. The lowest BCUT2D eigenvalue weighted by Gasteiger charge is -2.02. The molecule has 1 rings (SSSR count). The van der Waals surface area contributed by atoms with Crippen molar-refractivity contribution in [1.29, 1.82) is 0 Å². The van der Waals surface area contributed by atoms with Gasteiger partial charge in [-0.1, -0.05) is 12.1 Å². The van der Waals surface area contributed by atoms with E-state index in [0.29, 0.717) is 0 Å². The maximum absolute atomic E-state index is 5.24.